The smallest absolute Gasteiger partial charge is 0.309 e. The summed E-state index contributed by atoms with van der Waals surface area (Å²) in [5, 5.41) is 2.51. The first kappa shape index (κ1) is 12.4. The van der Waals surface area contributed by atoms with Gasteiger partial charge in [0.2, 0.25) is 0 Å². The molecule has 0 aromatic carbocycles. The summed E-state index contributed by atoms with van der Waals surface area (Å²) in [4.78, 5) is 25.8. The molecule has 1 N–H and O–H groups in total. The second-order valence-electron chi connectivity index (χ2n) is 5.71. The lowest BCUT2D eigenvalue weighted by molar-refractivity contribution is -0.127. The second-order valence-corrected chi connectivity index (χ2v) is 5.71. The fourth-order valence-electron chi connectivity index (χ4n) is 3.03. The molecule has 4 nitrogen and oxygen atoms in total. The Morgan fingerprint density at radius 3 is 2.29 bits per heavy atom. The van der Waals surface area contributed by atoms with Gasteiger partial charge in [-0.05, 0) is 18.8 Å². The van der Waals surface area contributed by atoms with E-state index < -0.39 is 5.54 Å². The Morgan fingerprint density at radius 2 is 1.76 bits per heavy atom. The van der Waals surface area contributed by atoms with E-state index in [0.717, 1.165) is 25.7 Å². The number of urea groups is 1. The van der Waals surface area contributed by atoms with Gasteiger partial charge in [0, 0.05) is 6.54 Å². The zero-order valence-electron chi connectivity index (χ0n) is 10.8. The number of imide groups is 1. The normalized spacial score (nSPS) is 24.3. The molecule has 0 aromatic rings. The quantitative estimate of drug-likeness (QED) is 0.750. The van der Waals surface area contributed by atoms with Gasteiger partial charge in [0.25, 0.3) is 5.91 Å². The van der Waals surface area contributed by atoms with E-state index in [1.807, 2.05) is 0 Å². The van der Waals surface area contributed by atoms with Crippen molar-refractivity contribution in [3.8, 4) is 0 Å². The molecule has 2 fully saturated rings. The van der Waals surface area contributed by atoms with Crippen LogP contribution in [0.25, 0.3) is 0 Å². The van der Waals surface area contributed by atoms with Crippen molar-refractivity contribution >= 4 is 11.9 Å². The van der Waals surface area contributed by atoms with E-state index >= 15 is 0 Å². The molecule has 1 heterocycles. The third kappa shape index (κ3) is 2.17. The molecule has 3 amide bonds. The van der Waals surface area contributed by atoms with Crippen LogP contribution in [0.15, 0.2) is 0 Å². The van der Waals surface area contributed by atoms with Crippen molar-refractivity contribution in [3.63, 3.8) is 0 Å². The minimum absolute atomic E-state index is 0.0648. The minimum atomic E-state index is -0.530. The van der Waals surface area contributed by atoms with E-state index in [1.165, 1.54) is 12.8 Å². The molecule has 0 bridgehead atoms. The molecule has 4 heteroatoms. The molecular weight excluding hydrogens is 216 g/mol. The summed E-state index contributed by atoms with van der Waals surface area (Å²) < 4.78 is 0. The molecule has 0 radical (unpaired) electrons. The highest BCUT2D eigenvalue weighted by Gasteiger charge is 2.52. The Morgan fingerprint density at radius 1 is 1.18 bits per heavy atom. The van der Waals surface area contributed by atoms with Crippen molar-refractivity contribution in [1.82, 2.24) is 10.2 Å². The van der Waals surface area contributed by atoms with Crippen molar-refractivity contribution in [2.24, 2.45) is 5.92 Å². The van der Waals surface area contributed by atoms with E-state index in [9.17, 15) is 9.59 Å². The highest BCUT2D eigenvalue weighted by atomic mass is 16.2. The third-order valence-corrected chi connectivity index (χ3v) is 3.88. The van der Waals surface area contributed by atoms with Gasteiger partial charge in [-0.2, -0.15) is 0 Å². The molecular formula is C13H22N2O2. The van der Waals surface area contributed by atoms with E-state index in [0.29, 0.717) is 12.5 Å². The fraction of sp³-hybridized carbons (Fsp3) is 0.846. The number of amides is 3. The topological polar surface area (TPSA) is 49.4 Å². The van der Waals surface area contributed by atoms with Gasteiger partial charge < -0.3 is 4.90 Å². The molecule has 1 spiro atoms. The lowest BCUT2D eigenvalue weighted by Gasteiger charge is -2.35. The standard InChI is InChI=1S/C13H22N2O2/c1-10(2)9-15-12(17)14-11(16)13(15)7-5-3-4-6-8-13/h10H,3-9H2,1-2H3,(H,14,16,17). The van der Waals surface area contributed by atoms with Gasteiger partial charge in [-0.3, -0.25) is 10.1 Å². The molecule has 1 saturated carbocycles. The van der Waals surface area contributed by atoms with Crippen LogP contribution in [0.5, 0.6) is 0 Å². The number of hydrogen-bond donors (Lipinski definition) is 1. The minimum Gasteiger partial charge on any atom is -0.309 e. The summed E-state index contributed by atoms with van der Waals surface area (Å²) in [7, 11) is 0. The van der Waals surface area contributed by atoms with Crippen LogP contribution in [0.2, 0.25) is 0 Å². The first-order chi connectivity index (χ1) is 8.06. The van der Waals surface area contributed by atoms with E-state index in [4.69, 9.17) is 0 Å². The SMILES string of the molecule is CC(C)CN1C(=O)NC(=O)C12CCCCCC2. The summed E-state index contributed by atoms with van der Waals surface area (Å²) in [6.07, 6.45) is 6.12. The van der Waals surface area contributed by atoms with Gasteiger partial charge in [-0.1, -0.05) is 39.5 Å². The van der Waals surface area contributed by atoms with E-state index in [1.54, 1.807) is 4.90 Å². The fourth-order valence-corrected chi connectivity index (χ4v) is 3.03. The molecule has 0 unspecified atom stereocenters. The van der Waals surface area contributed by atoms with Gasteiger partial charge in [0.1, 0.15) is 5.54 Å². The summed E-state index contributed by atoms with van der Waals surface area (Å²) in [5.41, 5.74) is -0.530. The van der Waals surface area contributed by atoms with Crippen molar-refractivity contribution in [2.75, 3.05) is 6.54 Å². The predicted molar refractivity (Wildman–Crippen MR) is 65.5 cm³/mol. The maximum absolute atomic E-state index is 12.1. The van der Waals surface area contributed by atoms with Crippen LogP contribution in [-0.4, -0.2) is 28.9 Å². The van der Waals surface area contributed by atoms with Crippen LogP contribution in [0.3, 0.4) is 0 Å². The zero-order valence-corrected chi connectivity index (χ0v) is 10.8. The number of nitrogens with zero attached hydrogens (tertiary/aromatic N) is 1. The van der Waals surface area contributed by atoms with E-state index in [2.05, 4.69) is 19.2 Å². The number of carbonyl (C=O) groups excluding carboxylic acids is 2. The number of rotatable bonds is 2. The van der Waals surface area contributed by atoms with Crippen LogP contribution < -0.4 is 5.32 Å². The van der Waals surface area contributed by atoms with Crippen LogP contribution in [-0.2, 0) is 4.79 Å². The van der Waals surface area contributed by atoms with Gasteiger partial charge in [0.15, 0.2) is 0 Å². The Bertz CT molecular complexity index is 317. The zero-order chi connectivity index (χ0) is 12.5. The molecule has 17 heavy (non-hydrogen) atoms. The lowest BCUT2D eigenvalue weighted by atomic mass is 9.88. The molecule has 96 valence electrons. The van der Waals surface area contributed by atoms with Crippen molar-refractivity contribution in [2.45, 2.75) is 57.9 Å². The van der Waals surface area contributed by atoms with Crippen LogP contribution >= 0.6 is 0 Å². The van der Waals surface area contributed by atoms with Gasteiger partial charge in [-0.15, -0.1) is 0 Å². The van der Waals surface area contributed by atoms with Crippen molar-refractivity contribution < 1.29 is 9.59 Å². The van der Waals surface area contributed by atoms with Gasteiger partial charge >= 0.3 is 6.03 Å². The average Bonchev–Trinajstić information content (AvgIpc) is 2.48. The highest BCUT2D eigenvalue weighted by molar-refractivity contribution is 6.07. The Labute approximate surface area is 103 Å². The van der Waals surface area contributed by atoms with Gasteiger partial charge in [-0.25, -0.2) is 4.79 Å². The molecule has 1 aliphatic carbocycles. The summed E-state index contributed by atoms with van der Waals surface area (Å²) in [6.45, 7) is 4.85. The van der Waals surface area contributed by atoms with Crippen LogP contribution in [0.4, 0.5) is 4.79 Å². The first-order valence-corrected chi connectivity index (χ1v) is 6.69. The Balaban J connectivity index is 2.25. The average molecular weight is 238 g/mol. The lowest BCUT2D eigenvalue weighted by Crippen LogP contribution is -2.50. The maximum atomic E-state index is 12.1. The van der Waals surface area contributed by atoms with Crippen molar-refractivity contribution in [1.29, 1.82) is 0 Å². The van der Waals surface area contributed by atoms with Crippen LogP contribution in [0, 0.1) is 5.92 Å². The number of carbonyl (C=O) groups is 2. The molecule has 0 atom stereocenters. The van der Waals surface area contributed by atoms with Gasteiger partial charge in [0.05, 0.1) is 0 Å². The summed E-state index contributed by atoms with van der Waals surface area (Å²) in [5.74, 6) is 0.330. The largest absolute Gasteiger partial charge is 0.325 e. The Hall–Kier alpha value is -1.06. The molecule has 2 aliphatic rings. The maximum Gasteiger partial charge on any atom is 0.325 e. The second kappa shape index (κ2) is 4.67. The van der Waals surface area contributed by atoms with Crippen LogP contribution in [0.1, 0.15) is 52.4 Å². The Kier molecular flexibility index (Phi) is 3.40. The third-order valence-electron chi connectivity index (χ3n) is 3.88. The monoisotopic (exact) mass is 238 g/mol. The molecule has 2 rings (SSSR count). The summed E-state index contributed by atoms with van der Waals surface area (Å²) >= 11 is 0. The van der Waals surface area contributed by atoms with E-state index in [-0.39, 0.29) is 11.9 Å². The predicted octanol–water partition coefficient (Wildman–Crippen LogP) is 2.29. The molecule has 0 aromatic heterocycles. The molecule has 1 aliphatic heterocycles. The molecule has 1 saturated heterocycles. The highest BCUT2D eigenvalue weighted by Crippen LogP contribution is 2.36. The number of hydrogen-bond acceptors (Lipinski definition) is 2. The summed E-state index contributed by atoms with van der Waals surface area (Å²) in [6, 6.07) is -0.189. The first-order valence-electron chi connectivity index (χ1n) is 6.69. The number of nitrogens with one attached hydrogen (secondary N) is 1. The van der Waals surface area contributed by atoms with Crippen molar-refractivity contribution in [3.05, 3.63) is 0 Å².